The first-order chi connectivity index (χ1) is 5.60. The summed E-state index contributed by atoms with van der Waals surface area (Å²) in [5.74, 6) is 1.87. The monoisotopic (exact) mass is 168 g/mol. The third-order valence-corrected chi connectivity index (χ3v) is 3.47. The van der Waals surface area contributed by atoms with E-state index in [1.165, 1.54) is 32.1 Å². The van der Waals surface area contributed by atoms with Gasteiger partial charge in [-0.3, -0.25) is 0 Å². The molecule has 0 aromatic carbocycles. The first-order valence-electron chi connectivity index (χ1n) is 5.60. The first kappa shape index (κ1) is 10.1. The van der Waals surface area contributed by atoms with Crippen LogP contribution in [0.3, 0.4) is 0 Å². The summed E-state index contributed by atoms with van der Waals surface area (Å²) in [5.41, 5.74) is 0.782. The Balaban J connectivity index is 2.37. The molecule has 0 heteroatoms. The van der Waals surface area contributed by atoms with Gasteiger partial charge >= 0.3 is 0 Å². The van der Waals surface area contributed by atoms with Gasteiger partial charge in [0.1, 0.15) is 0 Å². The molecule has 1 rings (SSSR count). The van der Waals surface area contributed by atoms with Gasteiger partial charge in [0.2, 0.25) is 0 Å². The van der Waals surface area contributed by atoms with Crippen LogP contribution < -0.4 is 0 Å². The molecule has 0 aromatic heterocycles. The van der Waals surface area contributed by atoms with E-state index in [-0.39, 0.29) is 0 Å². The number of hydrogen-bond donors (Lipinski definition) is 0. The van der Waals surface area contributed by atoms with Crippen LogP contribution in [0, 0.1) is 17.3 Å². The Labute approximate surface area is 77.7 Å². The Bertz CT molecular complexity index is 131. The standard InChI is InChI=1S/C12H24/c1-5-6-11(4)12(7-8-12)9-10(2)3/h10-11H,5-9H2,1-4H3. The molecule has 0 spiro atoms. The van der Waals surface area contributed by atoms with E-state index >= 15 is 0 Å². The molecule has 0 bridgehead atoms. The predicted molar refractivity (Wildman–Crippen MR) is 55.2 cm³/mol. The summed E-state index contributed by atoms with van der Waals surface area (Å²) in [6, 6.07) is 0. The lowest BCUT2D eigenvalue weighted by Crippen LogP contribution is -2.15. The molecule has 0 saturated heterocycles. The summed E-state index contributed by atoms with van der Waals surface area (Å²) in [6.45, 7) is 9.48. The van der Waals surface area contributed by atoms with Crippen molar-refractivity contribution in [1.82, 2.24) is 0 Å². The van der Waals surface area contributed by atoms with Crippen molar-refractivity contribution in [3.05, 3.63) is 0 Å². The second-order valence-corrected chi connectivity index (χ2v) is 5.15. The fraction of sp³-hybridized carbons (Fsp3) is 1.00. The van der Waals surface area contributed by atoms with Crippen LogP contribution in [0.1, 0.15) is 59.8 Å². The van der Waals surface area contributed by atoms with E-state index in [4.69, 9.17) is 0 Å². The van der Waals surface area contributed by atoms with Crippen LogP contribution in [-0.2, 0) is 0 Å². The van der Waals surface area contributed by atoms with Gasteiger partial charge in [0.25, 0.3) is 0 Å². The molecule has 0 N–H and O–H groups in total. The maximum absolute atomic E-state index is 2.46. The average molecular weight is 168 g/mol. The molecule has 1 aliphatic rings. The maximum atomic E-state index is 2.46. The molecule has 1 fully saturated rings. The van der Waals surface area contributed by atoms with E-state index in [1.54, 1.807) is 0 Å². The van der Waals surface area contributed by atoms with E-state index in [0.29, 0.717) is 0 Å². The summed E-state index contributed by atoms with van der Waals surface area (Å²) in [5, 5.41) is 0. The van der Waals surface area contributed by atoms with Crippen LogP contribution in [0.4, 0.5) is 0 Å². The van der Waals surface area contributed by atoms with Gasteiger partial charge in [-0.2, -0.15) is 0 Å². The minimum absolute atomic E-state index is 0.782. The van der Waals surface area contributed by atoms with Crippen molar-refractivity contribution >= 4 is 0 Å². The van der Waals surface area contributed by atoms with Crippen LogP contribution >= 0.6 is 0 Å². The van der Waals surface area contributed by atoms with E-state index < -0.39 is 0 Å². The lowest BCUT2D eigenvalue weighted by Gasteiger charge is -2.24. The van der Waals surface area contributed by atoms with E-state index in [2.05, 4.69) is 27.7 Å². The molecule has 0 nitrogen and oxygen atoms in total. The van der Waals surface area contributed by atoms with Crippen molar-refractivity contribution in [3.63, 3.8) is 0 Å². The second kappa shape index (κ2) is 3.81. The van der Waals surface area contributed by atoms with Crippen molar-refractivity contribution in [2.45, 2.75) is 59.8 Å². The van der Waals surface area contributed by atoms with Crippen LogP contribution in [-0.4, -0.2) is 0 Å². The van der Waals surface area contributed by atoms with Crippen LogP contribution in [0.25, 0.3) is 0 Å². The SMILES string of the molecule is CCCC(C)C1(CC(C)C)CC1. The zero-order chi connectivity index (χ0) is 9.19. The minimum Gasteiger partial charge on any atom is -0.0654 e. The molecular weight excluding hydrogens is 144 g/mol. The van der Waals surface area contributed by atoms with Gasteiger partial charge in [-0.05, 0) is 36.5 Å². The average Bonchev–Trinajstić information content (AvgIpc) is 2.69. The van der Waals surface area contributed by atoms with Crippen molar-refractivity contribution < 1.29 is 0 Å². The van der Waals surface area contributed by atoms with Gasteiger partial charge in [-0.25, -0.2) is 0 Å². The van der Waals surface area contributed by atoms with Gasteiger partial charge in [0.05, 0.1) is 0 Å². The van der Waals surface area contributed by atoms with Gasteiger partial charge in [-0.1, -0.05) is 40.5 Å². The minimum atomic E-state index is 0.782. The number of rotatable bonds is 5. The normalized spacial score (nSPS) is 22.8. The highest BCUT2D eigenvalue weighted by Gasteiger charge is 2.46. The lowest BCUT2D eigenvalue weighted by molar-refractivity contribution is 0.259. The van der Waals surface area contributed by atoms with E-state index in [9.17, 15) is 0 Å². The van der Waals surface area contributed by atoms with Crippen molar-refractivity contribution in [1.29, 1.82) is 0 Å². The highest BCUT2D eigenvalue weighted by molar-refractivity contribution is 4.96. The van der Waals surface area contributed by atoms with Gasteiger partial charge in [-0.15, -0.1) is 0 Å². The highest BCUT2D eigenvalue weighted by Crippen LogP contribution is 2.57. The molecule has 12 heavy (non-hydrogen) atoms. The Morgan fingerprint density at radius 1 is 1.17 bits per heavy atom. The molecule has 0 heterocycles. The Hall–Kier alpha value is 0. The third kappa shape index (κ3) is 2.24. The largest absolute Gasteiger partial charge is 0.0654 e. The van der Waals surface area contributed by atoms with Crippen molar-refractivity contribution in [2.75, 3.05) is 0 Å². The summed E-state index contributed by atoms with van der Waals surface area (Å²) in [7, 11) is 0. The molecule has 1 saturated carbocycles. The first-order valence-corrected chi connectivity index (χ1v) is 5.60. The summed E-state index contributed by atoms with van der Waals surface area (Å²) in [6.07, 6.45) is 7.28. The Kier molecular flexibility index (Phi) is 3.20. The van der Waals surface area contributed by atoms with Gasteiger partial charge in [0, 0.05) is 0 Å². The maximum Gasteiger partial charge on any atom is -0.0269 e. The number of hydrogen-bond acceptors (Lipinski definition) is 0. The third-order valence-electron chi connectivity index (χ3n) is 3.47. The van der Waals surface area contributed by atoms with Crippen LogP contribution in [0.2, 0.25) is 0 Å². The predicted octanol–water partition coefficient (Wildman–Crippen LogP) is 4.25. The fourth-order valence-corrected chi connectivity index (χ4v) is 2.61. The van der Waals surface area contributed by atoms with Crippen molar-refractivity contribution in [2.24, 2.45) is 17.3 Å². The molecule has 0 aliphatic heterocycles. The molecular formula is C12H24. The fourth-order valence-electron chi connectivity index (χ4n) is 2.61. The summed E-state index contributed by atoms with van der Waals surface area (Å²) < 4.78 is 0. The Morgan fingerprint density at radius 2 is 1.75 bits per heavy atom. The van der Waals surface area contributed by atoms with Gasteiger partial charge in [0.15, 0.2) is 0 Å². The van der Waals surface area contributed by atoms with Crippen LogP contribution in [0.15, 0.2) is 0 Å². The zero-order valence-electron chi connectivity index (χ0n) is 9.19. The van der Waals surface area contributed by atoms with E-state index in [0.717, 1.165) is 17.3 Å². The molecule has 0 aromatic rings. The second-order valence-electron chi connectivity index (χ2n) is 5.15. The van der Waals surface area contributed by atoms with Crippen LogP contribution in [0.5, 0.6) is 0 Å². The van der Waals surface area contributed by atoms with E-state index in [1.807, 2.05) is 0 Å². The lowest BCUT2D eigenvalue weighted by atomic mass is 9.81. The van der Waals surface area contributed by atoms with Gasteiger partial charge < -0.3 is 0 Å². The molecule has 1 unspecified atom stereocenters. The topological polar surface area (TPSA) is 0 Å². The Morgan fingerprint density at radius 3 is 2.08 bits per heavy atom. The van der Waals surface area contributed by atoms with Crippen molar-refractivity contribution in [3.8, 4) is 0 Å². The molecule has 0 amide bonds. The molecule has 0 radical (unpaired) electrons. The summed E-state index contributed by atoms with van der Waals surface area (Å²) >= 11 is 0. The highest BCUT2D eigenvalue weighted by atomic mass is 14.5. The molecule has 72 valence electrons. The molecule has 1 aliphatic carbocycles. The zero-order valence-corrected chi connectivity index (χ0v) is 9.19. The summed E-state index contributed by atoms with van der Waals surface area (Å²) in [4.78, 5) is 0. The smallest absolute Gasteiger partial charge is 0.0269 e. The quantitative estimate of drug-likeness (QED) is 0.575. The molecule has 1 atom stereocenters.